The topological polar surface area (TPSA) is 46.4 Å². The smallest absolute Gasteiger partial charge is 0.411 e. The van der Waals surface area contributed by atoms with Gasteiger partial charge < -0.3 is 9.53 Å². The summed E-state index contributed by atoms with van der Waals surface area (Å²) in [5.41, 5.74) is -0.496. The van der Waals surface area contributed by atoms with Crippen LogP contribution >= 0.6 is 0 Å². The highest BCUT2D eigenvalue weighted by molar-refractivity contribution is 5.80. The Labute approximate surface area is 90.6 Å². The lowest BCUT2D eigenvalue weighted by molar-refractivity contribution is -0.108. The van der Waals surface area contributed by atoms with Crippen LogP contribution in [-0.4, -0.2) is 35.0 Å². The van der Waals surface area contributed by atoms with E-state index >= 15 is 0 Å². The van der Waals surface area contributed by atoms with Gasteiger partial charge in [-0.2, -0.15) is 0 Å². The molecule has 86 valence electrons. The Balaban J connectivity index is 2.51. The van der Waals surface area contributed by atoms with Gasteiger partial charge >= 0.3 is 6.09 Å². The minimum absolute atomic E-state index is 0.0577. The molecule has 1 rings (SSSR count). The number of ether oxygens (including phenoxy) is 1. The Morgan fingerprint density at radius 3 is 2.47 bits per heavy atom. The Morgan fingerprint density at radius 1 is 1.47 bits per heavy atom. The van der Waals surface area contributed by atoms with E-state index in [1.54, 1.807) is 0 Å². The highest BCUT2D eigenvalue weighted by atomic mass is 16.6. The molecule has 2 atom stereocenters. The zero-order chi connectivity index (χ0) is 11.6. The second kappa shape index (κ2) is 4.21. The average molecular weight is 213 g/mol. The minimum atomic E-state index is -0.496. The summed E-state index contributed by atoms with van der Waals surface area (Å²) < 4.78 is 5.20. The molecule has 1 saturated heterocycles. The summed E-state index contributed by atoms with van der Waals surface area (Å²) in [5, 5.41) is 0. The van der Waals surface area contributed by atoms with Crippen LogP contribution in [0.15, 0.2) is 0 Å². The third kappa shape index (κ3) is 2.94. The molecule has 1 amide bonds. The molecule has 0 aliphatic carbocycles. The molecular formula is C11H19NO3. The highest BCUT2D eigenvalue weighted by Crippen LogP contribution is 2.32. The molecule has 4 nitrogen and oxygen atoms in total. The van der Waals surface area contributed by atoms with Crippen LogP contribution in [0.4, 0.5) is 4.79 Å². The molecule has 1 heterocycles. The fraction of sp³-hybridized carbons (Fsp3) is 0.818. The predicted molar refractivity (Wildman–Crippen MR) is 56.6 cm³/mol. The third-order valence-electron chi connectivity index (χ3n) is 2.31. The summed E-state index contributed by atoms with van der Waals surface area (Å²) in [7, 11) is 0. The van der Waals surface area contributed by atoms with Crippen molar-refractivity contribution in [3.8, 4) is 0 Å². The largest absolute Gasteiger partial charge is 0.444 e. The second-order valence-corrected chi connectivity index (χ2v) is 4.87. The predicted octanol–water partition coefficient (Wildman–Crippen LogP) is 1.97. The van der Waals surface area contributed by atoms with Crippen molar-refractivity contribution in [3.63, 3.8) is 0 Å². The molecule has 0 aromatic carbocycles. The van der Waals surface area contributed by atoms with Crippen LogP contribution in [-0.2, 0) is 9.53 Å². The summed E-state index contributed by atoms with van der Waals surface area (Å²) in [6, 6.07) is -0.206. The van der Waals surface area contributed by atoms with E-state index in [1.807, 2.05) is 27.7 Å². The summed E-state index contributed by atoms with van der Waals surface area (Å²) in [5.74, 6) is 0. The molecule has 1 aliphatic heterocycles. The van der Waals surface area contributed by atoms with Crippen LogP contribution in [0.1, 0.15) is 40.5 Å². The van der Waals surface area contributed by atoms with E-state index in [2.05, 4.69) is 0 Å². The van der Waals surface area contributed by atoms with Crippen LogP contribution in [0, 0.1) is 0 Å². The summed E-state index contributed by atoms with van der Waals surface area (Å²) in [4.78, 5) is 23.8. The van der Waals surface area contributed by atoms with Crippen molar-refractivity contribution in [1.82, 2.24) is 4.90 Å². The van der Waals surface area contributed by atoms with E-state index in [9.17, 15) is 9.59 Å². The first-order chi connectivity index (χ1) is 6.90. The van der Waals surface area contributed by atoms with Gasteiger partial charge in [-0.15, -0.1) is 0 Å². The zero-order valence-electron chi connectivity index (χ0n) is 9.82. The second-order valence-electron chi connectivity index (χ2n) is 4.87. The molecular weight excluding hydrogens is 194 g/mol. The van der Waals surface area contributed by atoms with Gasteiger partial charge in [-0.3, -0.25) is 4.90 Å². The Morgan fingerprint density at radius 2 is 2.07 bits per heavy atom. The molecule has 1 fully saturated rings. The quantitative estimate of drug-likeness (QED) is 0.532. The van der Waals surface area contributed by atoms with Crippen molar-refractivity contribution >= 4 is 12.4 Å². The van der Waals surface area contributed by atoms with E-state index in [4.69, 9.17) is 4.74 Å². The monoisotopic (exact) mass is 213 g/mol. The zero-order valence-corrected chi connectivity index (χ0v) is 9.82. The first kappa shape index (κ1) is 12.0. The number of hydrogen-bond donors (Lipinski definition) is 0. The van der Waals surface area contributed by atoms with E-state index in [0.29, 0.717) is 0 Å². The number of carbonyl (C=O) groups excluding carboxylic acids is 2. The van der Waals surface area contributed by atoms with E-state index in [-0.39, 0.29) is 18.2 Å². The first-order valence-electron chi connectivity index (χ1n) is 5.37. The fourth-order valence-electron chi connectivity index (χ4n) is 1.63. The SMILES string of the molecule is CCC[C@H]1[C@@H](C=O)N1C(=O)OC(C)(C)C. The number of hydrogen-bond acceptors (Lipinski definition) is 3. The Kier molecular flexibility index (Phi) is 3.37. The number of amides is 1. The van der Waals surface area contributed by atoms with Crippen LogP contribution in [0.25, 0.3) is 0 Å². The average Bonchev–Trinajstić information content (AvgIpc) is 2.75. The van der Waals surface area contributed by atoms with Crippen molar-refractivity contribution in [2.75, 3.05) is 0 Å². The number of nitrogens with zero attached hydrogens (tertiary/aromatic N) is 1. The fourth-order valence-corrected chi connectivity index (χ4v) is 1.63. The van der Waals surface area contributed by atoms with Gasteiger partial charge in [0.05, 0.1) is 6.04 Å². The number of aldehydes is 1. The van der Waals surface area contributed by atoms with Gasteiger partial charge in [0, 0.05) is 0 Å². The normalized spacial score (nSPS) is 24.9. The van der Waals surface area contributed by atoms with Crippen LogP contribution < -0.4 is 0 Å². The van der Waals surface area contributed by atoms with E-state index < -0.39 is 5.60 Å². The molecule has 0 aromatic heterocycles. The van der Waals surface area contributed by atoms with Crippen LogP contribution in [0.2, 0.25) is 0 Å². The Hall–Kier alpha value is -1.06. The lowest BCUT2D eigenvalue weighted by atomic mass is 10.2. The van der Waals surface area contributed by atoms with Gasteiger partial charge in [0.1, 0.15) is 17.9 Å². The molecule has 0 radical (unpaired) electrons. The van der Waals surface area contributed by atoms with Crippen LogP contribution in [0.3, 0.4) is 0 Å². The maximum absolute atomic E-state index is 11.6. The van der Waals surface area contributed by atoms with Gasteiger partial charge in [0.2, 0.25) is 0 Å². The van der Waals surface area contributed by atoms with Crippen molar-refractivity contribution in [2.45, 2.75) is 58.2 Å². The summed E-state index contributed by atoms with van der Waals surface area (Å²) in [6.45, 7) is 7.49. The molecule has 4 heteroatoms. The number of carbonyl (C=O) groups is 2. The van der Waals surface area contributed by atoms with Crippen molar-refractivity contribution in [1.29, 1.82) is 0 Å². The third-order valence-corrected chi connectivity index (χ3v) is 2.31. The molecule has 15 heavy (non-hydrogen) atoms. The maximum Gasteiger partial charge on any atom is 0.411 e. The lowest BCUT2D eigenvalue weighted by Gasteiger charge is -2.20. The van der Waals surface area contributed by atoms with Crippen LogP contribution in [0.5, 0.6) is 0 Å². The lowest BCUT2D eigenvalue weighted by Crippen LogP contribution is -2.28. The first-order valence-corrected chi connectivity index (χ1v) is 5.37. The van der Waals surface area contributed by atoms with Gasteiger partial charge in [-0.25, -0.2) is 4.79 Å². The standard InChI is InChI=1S/C11H19NO3/c1-5-6-8-9(7-13)12(8)10(14)15-11(2,3)4/h7-9H,5-6H2,1-4H3/t8-,9+,12?/m0/s1. The maximum atomic E-state index is 11.6. The van der Waals surface area contributed by atoms with E-state index in [0.717, 1.165) is 19.1 Å². The minimum Gasteiger partial charge on any atom is -0.444 e. The Bertz CT molecular complexity index is 257. The molecule has 0 saturated carbocycles. The molecule has 0 unspecified atom stereocenters. The van der Waals surface area contributed by atoms with Crippen molar-refractivity contribution in [3.05, 3.63) is 0 Å². The molecule has 1 aliphatic rings. The van der Waals surface area contributed by atoms with Gasteiger partial charge in [0.15, 0.2) is 0 Å². The molecule has 0 spiro atoms. The van der Waals surface area contributed by atoms with Crippen molar-refractivity contribution in [2.24, 2.45) is 0 Å². The molecule has 0 N–H and O–H groups in total. The van der Waals surface area contributed by atoms with Crippen molar-refractivity contribution < 1.29 is 14.3 Å². The highest BCUT2D eigenvalue weighted by Gasteiger charge is 2.51. The van der Waals surface area contributed by atoms with Gasteiger partial charge in [0.25, 0.3) is 0 Å². The number of rotatable bonds is 3. The van der Waals surface area contributed by atoms with E-state index in [1.165, 1.54) is 4.90 Å². The summed E-state index contributed by atoms with van der Waals surface area (Å²) >= 11 is 0. The van der Waals surface area contributed by atoms with Gasteiger partial charge in [-0.05, 0) is 27.2 Å². The summed E-state index contributed by atoms with van der Waals surface area (Å²) in [6.07, 6.45) is 2.28. The molecule has 0 aromatic rings. The van der Waals surface area contributed by atoms with Gasteiger partial charge in [-0.1, -0.05) is 13.3 Å². The molecule has 0 bridgehead atoms.